The highest BCUT2D eigenvalue weighted by Crippen LogP contribution is 2.02. The van der Waals surface area contributed by atoms with Crippen molar-refractivity contribution in [1.29, 1.82) is 0 Å². The molecule has 0 aliphatic heterocycles. The van der Waals surface area contributed by atoms with Crippen LogP contribution in [0.15, 0.2) is 16.9 Å². The molecule has 6 nitrogen and oxygen atoms in total. The number of sulfone groups is 1. The van der Waals surface area contributed by atoms with E-state index in [1.807, 2.05) is 0 Å². The van der Waals surface area contributed by atoms with Gasteiger partial charge in [-0.2, -0.15) is 0 Å². The first-order valence-corrected chi connectivity index (χ1v) is 7.75. The van der Waals surface area contributed by atoms with Crippen LogP contribution in [0.4, 0.5) is 0 Å². The molecular weight excluding hydrogens is 270 g/mol. The van der Waals surface area contributed by atoms with Crippen LogP contribution in [0.5, 0.6) is 0 Å². The molecule has 0 saturated carbocycles. The maximum atomic E-state index is 11.9. The lowest BCUT2D eigenvalue weighted by atomic mass is 10.2. The molecule has 1 aromatic heterocycles. The minimum atomic E-state index is -3.07. The van der Waals surface area contributed by atoms with Gasteiger partial charge in [-0.05, 0) is 25.5 Å². The van der Waals surface area contributed by atoms with Crippen molar-refractivity contribution >= 4 is 15.8 Å². The Kier molecular flexibility index (Phi) is 4.88. The number of hydrogen-bond donors (Lipinski definition) is 1. The number of carbonyl (C=O) groups is 1. The van der Waals surface area contributed by atoms with Crippen molar-refractivity contribution in [3.05, 3.63) is 33.7 Å². The van der Waals surface area contributed by atoms with Gasteiger partial charge in [-0.15, -0.1) is 0 Å². The van der Waals surface area contributed by atoms with Crippen LogP contribution in [0.25, 0.3) is 0 Å². The van der Waals surface area contributed by atoms with Crippen molar-refractivity contribution in [1.82, 2.24) is 4.57 Å². The predicted molar refractivity (Wildman–Crippen MR) is 71.3 cm³/mol. The Bertz CT molecular complexity index is 630. The normalized spacial score (nSPS) is 11.5. The number of rotatable bonds is 6. The summed E-state index contributed by atoms with van der Waals surface area (Å²) in [5.74, 6) is -1.22. The molecule has 0 aromatic carbocycles. The Balaban J connectivity index is 2.93. The zero-order valence-electron chi connectivity index (χ0n) is 10.9. The smallest absolute Gasteiger partial charge is 0.341 e. The van der Waals surface area contributed by atoms with E-state index in [0.29, 0.717) is 12.1 Å². The average Bonchev–Trinajstić information content (AvgIpc) is 2.32. The first-order chi connectivity index (χ1) is 8.78. The maximum Gasteiger partial charge on any atom is 0.341 e. The summed E-state index contributed by atoms with van der Waals surface area (Å²) >= 11 is 0. The molecule has 19 heavy (non-hydrogen) atoms. The molecule has 1 N–H and O–H groups in total. The Hall–Kier alpha value is -1.63. The van der Waals surface area contributed by atoms with E-state index in [1.165, 1.54) is 10.6 Å². The van der Waals surface area contributed by atoms with Crippen molar-refractivity contribution in [2.24, 2.45) is 0 Å². The van der Waals surface area contributed by atoms with E-state index in [2.05, 4.69) is 0 Å². The number of aromatic nitrogens is 1. The van der Waals surface area contributed by atoms with E-state index in [-0.39, 0.29) is 23.6 Å². The quantitative estimate of drug-likeness (QED) is 0.830. The first kappa shape index (κ1) is 15.4. The monoisotopic (exact) mass is 287 g/mol. The Morgan fingerprint density at radius 3 is 2.53 bits per heavy atom. The Morgan fingerprint density at radius 1 is 1.37 bits per heavy atom. The third-order valence-electron chi connectivity index (χ3n) is 2.90. The van der Waals surface area contributed by atoms with Crippen molar-refractivity contribution in [2.45, 2.75) is 26.8 Å². The zero-order valence-corrected chi connectivity index (χ0v) is 11.7. The molecule has 0 amide bonds. The molecule has 0 spiro atoms. The second-order valence-electron chi connectivity index (χ2n) is 4.24. The van der Waals surface area contributed by atoms with Gasteiger partial charge in [0.05, 0.1) is 5.75 Å². The predicted octanol–water partition coefficient (Wildman–Crippen LogP) is 0.680. The minimum absolute atomic E-state index is 0.00726. The number of aryl methyl sites for hydroxylation is 1. The highest BCUT2D eigenvalue weighted by molar-refractivity contribution is 7.91. The van der Waals surface area contributed by atoms with Crippen molar-refractivity contribution in [2.75, 3.05) is 11.5 Å². The molecule has 0 aliphatic rings. The number of hydrogen-bond acceptors (Lipinski definition) is 4. The lowest BCUT2D eigenvalue weighted by Crippen LogP contribution is -2.28. The SMILES string of the molecule is CCS(=O)(=O)CCCn1c(C)ccc(C(=O)O)c1=O. The zero-order chi connectivity index (χ0) is 14.6. The molecule has 0 atom stereocenters. The van der Waals surface area contributed by atoms with Gasteiger partial charge in [0.15, 0.2) is 0 Å². The van der Waals surface area contributed by atoms with Gasteiger partial charge < -0.3 is 9.67 Å². The third kappa shape index (κ3) is 3.92. The van der Waals surface area contributed by atoms with E-state index < -0.39 is 21.4 Å². The first-order valence-electron chi connectivity index (χ1n) is 5.92. The van der Waals surface area contributed by atoms with Gasteiger partial charge >= 0.3 is 5.97 Å². The average molecular weight is 287 g/mol. The van der Waals surface area contributed by atoms with Gasteiger partial charge in [0.2, 0.25) is 0 Å². The van der Waals surface area contributed by atoms with Crippen LogP contribution in [-0.4, -0.2) is 35.6 Å². The molecule has 1 rings (SSSR count). The van der Waals surface area contributed by atoms with Gasteiger partial charge in [-0.25, -0.2) is 13.2 Å². The van der Waals surface area contributed by atoms with Gasteiger partial charge in [0.1, 0.15) is 15.4 Å². The van der Waals surface area contributed by atoms with Gasteiger partial charge in [0.25, 0.3) is 5.56 Å². The molecule has 0 bridgehead atoms. The summed E-state index contributed by atoms with van der Waals surface area (Å²) in [5, 5.41) is 8.86. The fourth-order valence-corrected chi connectivity index (χ4v) is 2.56. The number of nitrogens with zero attached hydrogens (tertiary/aromatic N) is 1. The summed E-state index contributed by atoms with van der Waals surface area (Å²) < 4.78 is 24.0. The fraction of sp³-hybridized carbons (Fsp3) is 0.500. The van der Waals surface area contributed by atoms with Crippen LogP contribution < -0.4 is 5.56 Å². The molecule has 0 saturated heterocycles. The van der Waals surface area contributed by atoms with Crippen LogP contribution in [-0.2, 0) is 16.4 Å². The molecule has 106 valence electrons. The van der Waals surface area contributed by atoms with E-state index in [9.17, 15) is 18.0 Å². The summed E-state index contributed by atoms with van der Waals surface area (Å²) in [6.45, 7) is 3.45. The molecular formula is C12H17NO5S. The second-order valence-corrected chi connectivity index (χ2v) is 6.71. The van der Waals surface area contributed by atoms with Crippen molar-refractivity contribution in [3.63, 3.8) is 0 Å². The number of carboxylic acid groups (broad SMARTS) is 1. The van der Waals surface area contributed by atoms with E-state index in [0.717, 1.165) is 0 Å². The van der Waals surface area contributed by atoms with E-state index in [1.54, 1.807) is 19.9 Å². The van der Waals surface area contributed by atoms with Gasteiger partial charge in [-0.3, -0.25) is 4.79 Å². The largest absolute Gasteiger partial charge is 0.477 e. The van der Waals surface area contributed by atoms with Crippen LogP contribution in [0, 0.1) is 6.92 Å². The number of carboxylic acids is 1. The topological polar surface area (TPSA) is 93.4 Å². The second kappa shape index (κ2) is 6.01. The molecule has 0 radical (unpaired) electrons. The Labute approximate surface area is 111 Å². The van der Waals surface area contributed by atoms with Gasteiger partial charge in [-0.1, -0.05) is 6.92 Å². The van der Waals surface area contributed by atoms with Crippen molar-refractivity contribution in [3.8, 4) is 0 Å². The van der Waals surface area contributed by atoms with Gasteiger partial charge in [0, 0.05) is 18.0 Å². The lowest BCUT2D eigenvalue weighted by molar-refractivity contribution is 0.0694. The molecule has 0 unspecified atom stereocenters. The maximum absolute atomic E-state index is 11.9. The minimum Gasteiger partial charge on any atom is -0.477 e. The summed E-state index contributed by atoms with van der Waals surface area (Å²) in [7, 11) is -3.07. The van der Waals surface area contributed by atoms with Crippen LogP contribution in [0.3, 0.4) is 0 Å². The van der Waals surface area contributed by atoms with Crippen molar-refractivity contribution < 1.29 is 18.3 Å². The molecule has 7 heteroatoms. The molecule has 1 aromatic rings. The molecule has 0 fully saturated rings. The van der Waals surface area contributed by atoms with Crippen LogP contribution >= 0.6 is 0 Å². The van der Waals surface area contributed by atoms with E-state index >= 15 is 0 Å². The summed E-state index contributed by atoms with van der Waals surface area (Å²) in [6.07, 6.45) is 0.292. The van der Waals surface area contributed by atoms with E-state index in [4.69, 9.17) is 5.11 Å². The highest BCUT2D eigenvalue weighted by atomic mass is 32.2. The fourth-order valence-electron chi connectivity index (χ4n) is 1.70. The highest BCUT2D eigenvalue weighted by Gasteiger charge is 2.13. The summed E-state index contributed by atoms with van der Waals surface area (Å²) in [4.78, 5) is 22.7. The molecule has 0 aliphatic carbocycles. The molecule has 1 heterocycles. The third-order valence-corrected chi connectivity index (χ3v) is 4.69. The Morgan fingerprint density at radius 2 is 2.00 bits per heavy atom. The number of aromatic carboxylic acids is 1. The van der Waals surface area contributed by atoms with Crippen LogP contribution in [0.2, 0.25) is 0 Å². The number of pyridine rings is 1. The lowest BCUT2D eigenvalue weighted by Gasteiger charge is -2.10. The standard InChI is InChI=1S/C12H17NO5S/c1-3-19(17,18)8-4-7-13-9(2)5-6-10(11(13)14)12(15)16/h5-6H,3-4,7-8H2,1-2H3,(H,15,16). The summed E-state index contributed by atoms with van der Waals surface area (Å²) in [6, 6.07) is 2.80. The van der Waals surface area contributed by atoms with Crippen LogP contribution in [0.1, 0.15) is 29.4 Å². The summed E-state index contributed by atoms with van der Waals surface area (Å²) in [5.41, 5.74) is -0.283.